The van der Waals surface area contributed by atoms with E-state index in [0.29, 0.717) is 34.3 Å². The van der Waals surface area contributed by atoms with Gasteiger partial charge in [-0.05, 0) is 54.2 Å². The topological polar surface area (TPSA) is 86.8 Å². The van der Waals surface area contributed by atoms with Crippen LogP contribution in [0, 0.1) is 0 Å². The summed E-state index contributed by atoms with van der Waals surface area (Å²) in [6.07, 6.45) is 3.13. The lowest BCUT2D eigenvalue weighted by molar-refractivity contribution is -0.140. The summed E-state index contributed by atoms with van der Waals surface area (Å²) in [4.78, 5) is 28.2. The van der Waals surface area contributed by atoms with E-state index < -0.39 is 28.5 Å². The molecule has 2 aromatic carbocycles. The Balaban J connectivity index is 2.44. The van der Waals surface area contributed by atoms with Gasteiger partial charge in [0.2, 0.25) is 21.8 Å². The highest BCUT2D eigenvalue weighted by molar-refractivity contribution is 7.92. The number of sulfonamides is 1. The molecule has 204 valence electrons. The minimum atomic E-state index is -3.79. The highest BCUT2D eigenvalue weighted by Gasteiger charge is 2.32. The molecule has 0 aromatic heterocycles. The Morgan fingerprint density at radius 1 is 1.03 bits per heavy atom. The van der Waals surface area contributed by atoms with E-state index in [1.54, 1.807) is 30.3 Å². The quantitative estimate of drug-likeness (QED) is 0.318. The number of amides is 2. The minimum Gasteiger partial charge on any atom is -0.354 e. The molecule has 7 nitrogen and oxygen atoms in total. The molecule has 2 rings (SSSR count). The van der Waals surface area contributed by atoms with Crippen molar-refractivity contribution in [2.45, 2.75) is 65.5 Å². The highest BCUT2D eigenvalue weighted by Crippen LogP contribution is 2.26. The molecule has 0 saturated carbocycles. The second kappa shape index (κ2) is 14.0. The van der Waals surface area contributed by atoms with E-state index in [-0.39, 0.29) is 18.4 Å². The minimum absolute atomic E-state index is 0.0262. The number of rotatable bonds is 13. The molecule has 0 aliphatic heterocycles. The van der Waals surface area contributed by atoms with Crippen LogP contribution in [0.25, 0.3) is 0 Å². The van der Waals surface area contributed by atoms with Crippen LogP contribution >= 0.6 is 23.2 Å². The van der Waals surface area contributed by atoms with Crippen LogP contribution in [0.1, 0.15) is 64.0 Å². The van der Waals surface area contributed by atoms with Crippen LogP contribution in [0.15, 0.2) is 42.5 Å². The van der Waals surface area contributed by atoms with Crippen LogP contribution < -0.4 is 9.62 Å². The molecular formula is C27H37Cl2N3O4S. The Kier molecular flexibility index (Phi) is 11.7. The van der Waals surface area contributed by atoms with E-state index in [1.165, 1.54) is 4.90 Å². The van der Waals surface area contributed by atoms with E-state index in [0.717, 1.165) is 29.0 Å². The molecule has 0 spiro atoms. The monoisotopic (exact) mass is 569 g/mol. The first kappa shape index (κ1) is 30.9. The molecule has 1 N–H and O–H groups in total. The van der Waals surface area contributed by atoms with E-state index in [9.17, 15) is 18.0 Å². The van der Waals surface area contributed by atoms with Crippen molar-refractivity contribution in [3.05, 3.63) is 63.6 Å². The van der Waals surface area contributed by atoms with Gasteiger partial charge in [-0.1, -0.05) is 75.5 Å². The SMILES string of the molecule is CCCCNC(=O)[C@@H](CC)N(Cc1ccc(Cl)cc1Cl)C(=O)CN(c1ccc(C(C)C)cc1)S(C)(=O)=O. The zero-order chi connectivity index (χ0) is 27.8. The molecule has 37 heavy (non-hydrogen) atoms. The molecule has 0 unspecified atom stereocenters. The van der Waals surface area contributed by atoms with Gasteiger partial charge < -0.3 is 10.2 Å². The first-order valence-corrected chi connectivity index (χ1v) is 15.1. The summed E-state index contributed by atoms with van der Waals surface area (Å²) in [5.74, 6) is -0.526. The molecule has 0 bridgehead atoms. The van der Waals surface area contributed by atoms with Gasteiger partial charge in [-0.15, -0.1) is 0 Å². The number of nitrogens with one attached hydrogen (secondary N) is 1. The third kappa shape index (κ3) is 8.90. The maximum Gasteiger partial charge on any atom is 0.244 e. The van der Waals surface area contributed by atoms with Gasteiger partial charge in [-0.25, -0.2) is 8.42 Å². The predicted octanol–water partition coefficient (Wildman–Crippen LogP) is 5.61. The summed E-state index contributed by atoms with van der Waals surface area (Å²) in [7, 11) is -3.79. The summed E-state index contributed by atoms with van der Waals surface area (Å²) >= 11 is 12.4. The molecular weight excluding hydrogens is 533 g/mol. The van der Waals surface area contributed by atoms with Crippen LogP contribution in [0.5, 0.6) is 0 Å². The third-order valence-corrected chi connectivity index (χ3v) is 7.83. The van der Waals surface area contributed by atoms with Crippen molar-refractivity contribution in [3.8, 4) is 0 Å². The van der Waals surface area contributed by atoms with Gasteiger partial charge in [0.05, 0.1) is 11.9 Å². The number of hydrogen-bond acceptors (Lipinski definition) is 4. The Labute approximate surface area is 231 Å². The molecule has 0 aliphatic carbocycles. The molecule has 0 saturated heterocycles. The first-order chi connectivity index (χ1) is 17.4. The van der Waals surface area contributed by atoms with Crippen LogP contribution in [-0.2, 0) is 26.2 Å². The van der Waals surface area contributed by atoms with Gasteiger partial charge in [0, 0.05) is 23.1 Å². The number of carbonyl (C=O) groups excluding carboxylic acids is 2. The maximum atomic E-state index is 13.7. The zero-order valence-corrected chi connectivity index (χ0v) is 24.5. The maximum absolute atomic E-state index is 13.7. The average Bonchev–Trinajstić information content (AvgIpc) is 2.83. The van der Waals surface area contributed by atoms with Gasteiger partial charge in [0.25, 0.3) is 0 Å². The summed E-state index contributed by atoms with van der Waals surface area (Å²) in [6, 6.07) is 11.2. The van der Waals surface area contributed by atoms with Crippen molar-refractivity contribution in [2.75, 3.05) is 23.7 Å². The van der Waals surface area contributed by atoms with Crippen molar-refractivity contribution in [1.82, 2.24) is 10.2 Å². The Bertz CT molecular complexity index is 1170. The highest BCUT2D eigenvalue weighted by atomic mass is 35.5. The molecule has 1 atom stereocenters. The van der Waals surface area contributed by atoms with Crippen molar-refractivity contribution in [2.24, 2.45) is 0 Å². The normalized spacial score (nSPS) is 12.3. The van der Waals surface area contributed by atoms with Gasteiger partial charge in [-0.2, -0.15) is 0 Å². The lowest BCUT2D eigenvalue weighted by Crippen LogP contribution is -2.52. The van der Waals surface area contributed by atoms with Crippen molar-refractivity contribution in [1.29, 1.82) is 0 Å². The van der Waals surface area contributed by atoms with Gasteiger partial charge >= 0.3 is 0 Å². The molecule has 0 aliphatic rings. The predicted molar refractivity (Wildman–Crippen MR) is 152 cm³/mol. The van der Waals surface area contributed by atoms with Crippen LogP contribution in [-0.4, -0.2) is 50.5 Å². The zero-order valence-electron chi connectivity index (χ0n) is 22.1. The number of carbonyl (C=O) groups is 2. The largest absolute Gasteiger partial charge is 0.354 e. The second-order valence-electron chi connectivity index (χ2n) is 9.34. The molecule has 2 amide bonds. The van der Waals surface area contributed by atoms with Crippen LogP contribution in [0.2, 0.25) is 10.0 Å². The summed E-state index contributed by atoms with van der Waals surface area (Å²) < 4.78 is 26.6. The fraction of sp³-hybridized carbons (Fsp3) is 0.481. The third-order valence-electron chi connectivity index (χ3n) is 6.10. The van der Waals surface area contributed by atoms with E-state index >= 15 is 0 Å². The Morgan fingerprint density at radius 2 is 1.68 bits per heavy atom. The molecule has 2 aromatic rings. The number of unbranched alkanes of at least 4 members (excludes halogenated alkanes) is 1. The molecule has 10 heteroatoms. The Morgan fingerprint density at radius 3 is 2.19 bits per heavy atom. The Hall–Kier alpha value is -2.29. The summed E-state index contributed by atoms with van der Waals surface area (Å²) in [5, 5.41) is 3.70. The summed E-state index contributed by atoms with van der Waals surface area (Å²) in [6.45, 7) is 7.99. The smallest absolute Gasteiger partial charge is 0.244 e. The lowest BCUT2D eigenvalue weighted by Gasteiger charge is -2.33. The van der Waals surface area contributed by atoms with Crippen LogP contribution in [0.4, 0.5) is 5.69 Å². The first-order valence-electron chi connectivity index (χ1n) is 12.5. The van der Waals surface area contributed by atoms with Gasteiger partial charge in [0.1, 0.15) is 12.6 Å². The van der Waals surface area contributed by atoms with Crippen LogP contribution in [0.3, 0.4) is 0 Å². The van der Waals surface area contributed by atoms with E-state index in [1.807, 2.05) is 39.8 Å². The number of benzene rings is 2. The number of anilines is 1. The van der Waals surface area contributed by atoms with Gasteiger partial charge in [0.15, 0.2) is 0 Å². The molecule has 0 radical (unpaired) electrons. The van der Waals surface area contributed by atoms with Crippen molar-refractivity contribution in [3.63, 3.8) is 0 Å². The van der Waals surface area contributed by atoms with Gasteiger partial charge in [-0.3, -0.25) is 13.9 Å². The fourth-order valence-corrected chi connectivity index (χ4v) is 5.22. The lowest BCUT2D eigenvalue weighted by atomic mass is 10.0. The fourth-order valence-electron chi connectivity index (χ4n) is 3.90. The summed E-state index contributed by atoms with van der Waals surface area (Å²) in [5.41, 5.74) is 2.04. The van der Waals surface area contributed by atoms with Crippen molar-refractivity contribution >= 4 is 50.7 Å². The number of nitrogens with zero attached hydrogens (tertiary/aromatic N) is 2. The number of halogens is 2. The van der Waals surface area contributed by atoms with E-state index in [2.05, 4.69) is 5.32 Å². The molecule has 0 fully saturated rings. The number of hydrogen-bond donors (Lipinski definition) is 1. The van der Waals surface area contributed by atoms with Crippen molar-refractivity contribution < 1.29 is 18.0 Å². The second-order valence-corrected chi connectivity index (χ2v) is 12.1. The van der Waals surface area contributed by atoms with E-state index in [4.69, 9.17) is 23.2 Å². The molecule has 0 heterocycles. The average molecular weight is 571 g/mol. The standard InChI is InChI=1S/C27H37Cl2N3O4S/c1-6-8-15-30-27(34)25(7-2)31(17-21-9-12-22(28)16-24(21)29)26(33)18-32(37(5,35)36)23-13-10-20(11-14-23)19(3)4/h9-14,16,19,25H,6-8,15,17-18H2,1-5H3,(H,30,34)/t25-/m1/s1.